The van der Waals surface area contributed by atoms with Gasteiger partial charge in [0.1, 0.15) is 22.9 Å². The molecule has 0 bridgehead atoms. The van der Waals surface area contributed by atoms with Gasteiger partial charge in [0.25, 0.3) is 11.8 Å². The average molecular weight is 687 g/mol. The monoisotopic (exact) mass is 686 g/mol. The van der Waals surface area contributed by atoms with E-state index in [9.17, 15) is 22.8 Å². The average Bonchev–Trinajstić information content (AvgIpc) is 3.11. The number of benzene rings is 4. The minimum Gasteiger partial charge on any atom is -0.499 e. The summed E-state index contributed by atoms with van der Waals surface area (Å²) in [6, 6.07) is 31.7. The van der Waals surface area contributed by atoms with Crippen LogP contribution in [0.25, 0.3) is 0 Å². The van der Waals surface area contributed by atoms with E-state index < -0.39 is 50.8 Å². The highest BCUT2D eigenvalue weighted by Crippen LogP contribution is 2.41. The van der Waals surface area contributed by atoms with E-state index in [0.717, 1.165) is 10.5 Å². The number of allylic oxidation sites excluding steroid dienone is 1. The summed E-state index contributed by atoms with van der Waals surface area (Å²) in [5.74, 6) is -1.84. The number of carbonyl (C=O) groups excluding carboxylic acids is 3. The molecule has 0 aromatic heterocycles. The second kappa shape index (κ2) is 15.2. The summed E-state index contributed by atoms with van der Waals surface area (Å²) < 4.78 is 44.3. The van der Waals surface area contributed by atoms with Crippen molar-refractivity contribution < 1.29 is 37.0 Å². The zero-order valence-electron chi connectivity index (χ0n) is 26.4. The number of methoxy groups -OCH3 is 1. The third-order valence-electron chi connectivity index (χ3n) is 7.51. The number of rotatable bonds is 13. The van der Waals surface area contributed by atoms with Crippen LogP contribution in [0.4, 0.5) is 0 Å². The lowest BCUT2D eigenvalue weighted by Crippen LogP contribution is -2.70. The lowest BCUT2D eigenvalue weighted by atomic mass is 10.0. The first-order valence-electron chi connectivity index (χ1n) is 14.9. The Morgan fingerprint density at radius 3 is 1.94 bits per heavy atom. The first kappa shape index (κ1) is 34.3. The fourth-order valence-corrected chi connectivity index (χ4v) is 8.43. The number of nitrogens with one attached hydrogen (secondary N) is 1. The zero-order chi connectivity index (χ0) is 34.3. The lowest BCUT2D eigenvalue weighted by molar-refractivity contribution is -0.155. The van der Waals surface area contributed by atoms with E-state index >= 15 is 0 Å². The second-order valence-corrected chi connectivity index (χ2v) is 14.8. The fraction of sp³-hybridized carbons (Fsp3) is 0.194. The lowest BCUT2D eigenvalue weighted by Gasteiger charge is -2.46. The third kappa shape index (κ3) is 7.89. The molecule has 2 amide bonds. The first-order chi connectivity index (χ1) is 23.1. The summed E-state index contributed by atoms with van der Waals surface area (Å²) >= 11 is 0. The predicted octanol–water partition coefficient (Wildman–Crippen LogP) is 5.36. The number of carbonyl (C=O) groups is 3. The molecule has 4 aromatic carbocycles. The summed E-state index contributed by atoms with van der Waals surface area (Å²) in [7, 11) is -2.34. The Morgan fingerprint density at radius 2 is 1.40 bits per heavy atom. The Labute approximate surface area is 283 Å². The van der Waals surface area contributed by atoms with E-state index in [2.05, 4.69) is 5.32 Å². The summed E-state index contributed by atoms with van der Waals surface area (Å²) in [5, 5.41) is 1.33. The molecule has 0 saturated carbocycles. The Bertz CT molecular complexity index is 1850. The van der Waals surface area contributed by atoms with Crippen LogP contribution in [-0.4, -0.2) is 56.2 Å². The van der Waals surface area contributed by atoms with Crippen LogP contribution in [0.1, 0.15) is 29.7 Å². The van der Waals surface area contributed by atoms with E-state index in [-0.39, 0.29) is 16.4 Å². The number of likely N-dealkylation sites (tertiary alicyclic amines) is 1. The third-order valence-corrected chi connectivity index (χ3v) is 11.2. The molecule has 1 aliphatic heterocycles. The SMILES string of the molecule is CO/C(C)=C(/C(=O)OC(c1ccccc1)c1ccccc1)N1C(=O)C(NC(=O)COc2ccccc2)C1SS(=O)(=O)c1ccc(C)cc1. The highest BCUT2D eigenvalue weighted by molar-refractivity contribution is 8.72. The molecule has 1 saturated heterocycles. The number of para-hydroxylation sites is 1. The van der Waals surface area contributed by atoms with Crippen LogP contribution < -0.4 is 10.1 Å². The molecule has 0 aliphatic carbocycles. The molecule has 5 rings (SSSR count). The van der Waals surface area contributed by atoms with E-state index in [1.165, 1.54) is 26.2 Å². The molecule has 10 nitrogen and oxygen atoms in total. The van der Waals surface area contributed by atoms with Crippen LogP contribution in [0.5, 0.6) is 5.75 Å². The van der Waals surface area contributed by atoms with E-state index in [1.54, 1.807) is 42.5 Å². The molecule has 0 spiro atoms. The van der Waals surface area contributed by atoms with Gasteiger partial charge in [-0.3, -0.25) is 14.5 Å². The molecular formula is C36H34N2O8S2. The van der Waals surface area contributed by atoms with Crippen molar-refractivity contribution in [2.75, 3.05) is 13.7 Å². The summed E-state index contributed by atoms with van der Waals surface area (Å²) in [4.78, 5) is 41.8. The van der Waals surface area contributed by atoms with Crippen molar-refractivity contribution in [3.8, 4) is 5.75 Å². The smallest absolute Gasteiger partial charge is 0.359 e. The molecule has 12 heteroatoms. The molecule has 4 aromatic rings. The van der Waals surface area contributed by atoms with Crippen molar-refractivity contribution >= 4 is 37.4 Å². The van der Waals surface area contributed by atoms with Crippen molar-refractivity contribution in [2.24, 2.45) is 0 Å². The first-order valence-corrected chi connectivity index (χ1v) is 17.8. The number of ether oxygens (including phenoxy) is 3. The fourth-order valence-electron chi connectivity index (χ4n) is 4.96. The Balaban J connectivity index is 1.46. The number of nitrogens with zero attached hydrogens (tertiary/aromatic N) is 1. The van der Waals surface area contributed by atoms with Crippen LogP contribution in [0.3, 0.4) is 0 Å². The van der Waals surface area contributed by atoms with Crippen LogP contribution >= 0.6 is 10.8 Å². The van der Waals surface area contributed by atoms with Crippen molar-refractivity contribution in [1.82, 2.24) is 10.2 Å². The van der Waals surface area contributed by atoms with Crippen molar-refractivity contribution in [1.29, 1.82) is 0 Å². The summed E-state index contributed by atoms with van der Waals surface area (Å²) in [6.45, 7) is 2.88. The number of hydrogen-bond acceptors (Lipinski definition) is 9. The van der Waals surface area contributed by atoms with Crippen LogP contribution in [0.15, 0.2) is 132 Å². The van der Waals surface area contributed by atoms with Gasteiger partial charge in [0, 0.05) is 10.8 Å². The van der Waals surface area contributed by atoms with Crippen molar-refractivity contribution in [2.45, 2.75) is 36.3 Å². The summed E-state index contributed by atoms with van der Waals surface area (Å²) in [6.07, 6.45) is -0.857. The van der Waals surface area contributed by atoms with Gasteiger partial charge >= 0.3 is 5.97 Å². The number of aryl methyl sites for hydroxylation is 1. The maximum absolute atomic E-state index is 14.1. The highest BCUT2D eigenvalue weighted by Gasteiger charge is 2.55. The van der Waals surface area contributed by atoms with Crippen LogP contribution in [-0.2, 0) is 32.7 Å². The van der Waals surface area contributed by atoms with Gasteiger partial charge in [-0.2, -0.15) is 0 Å². The molecular weight excluding hydrogens is 653 g/mol. The second-order valence-electron chi connectivity index (χ2n) is 10.8. The molecule has 2 atom stereocenters. The standard InChI is InChI=1S/C36H34N2O8S2/c1-24-19-21-29(22-20-24)48(42,43)47-35-31(37-30(39)23-45-28-17-11-6-12-18-28)34(40)38(35)32(25(2)44-3)36(41)46-33(26-13-7-4-8-14-26)27-15-9-5-10-16-27/h4-22,31,33,35H,23H2,1-3H3,(H,37,39)/b32-25-. The minimum atomic E-state index is -4.09. The minimum absolute atomic E-state index is 0.000301. The molecule has 248 valence electrons. The van der Waals surface area contributed by atoms with Crippen molar-refractivity contribution in [3.63, 3.8) is 0 Å². The maximum atomic E-state index is 14.1. The van der Waals surface area contributed by atoms with Gasteiger partial charge < -0.3 is 19.5 Å². The molecule has 48 heavy (non-hydrogen) atoms. The molecule has 0 radical (unpaired) electrons. The quantitative estimate of drug-likeness (QED) is 0.0650. The van der Waals surface area contributed by atoms with Gasteiger partial charge in [-0.05, 0) is 49.2 Å². The van der Waals surface area contributed by atoms with Gasteiger partial charge in [-0.1, -0.05) is 96.6 Å². The van der Waals surface area contributed by atoms with Gasteiger partial charge in [-0.15, -0.1) is 0 Å². The summed E-state index contributed by atoms with van der Waals surface area (Å²) in [5.41, 5.74) is 1.93. The maximum Gasteiger partial charge on any atom is 0.359 e. The van der Waals surface area contributed by atoms with Crippen LogP contribution in [0, 0.1) is 6.92 Å². The molecule has 1 heterocycles. The van der Waals surface area contributed by atoms with Crippen LogP contribution in [0.2, 0.25) is 0 Å². The number of hydrogen-bond donors (Lipinski definition) is 1. The largest absolute Gasteiger partial charge is 0.499 e. The number of amides is 2. The Kier molecular flexibility index (Phi) is 10.9. The Morgan fingerprint density at radius 1 is 0.854 bits per heavy atom. The predicted molar refractivity (Wildman–Crippen MR) is 181 cm³/mol. The highest BCUT2D eigenvalue weighted by atomic mass is 33.1. The molecule has 1 N–H and O–H groups in total. The van der Waals surface area contributed by atoms with Gasteiger partial charge in [0.15, 0.2) is 18.4 Å². The van der Waals surface area contributed by atoms with E-state index in [0.29, 0.717) is 27.7 Å². The van der Waals surface area contributed by atoms with Crippen molar-refractivity contribution in [3.05, 3.63) is 143 Å². The van der Waals surface area contributed by atoms with E-state index in [4.69, 9.17) is 14.2 Å². The zero-order valence-corrected chi connectivity index (χ0v) is 28.1. The molecule has 2 unspecified atom stereocenters. The van der Waals surface area contributed by atoms with Gasteiger partial charge in [0.05, 0.1) is 12.0 Å². The number of esters is 1. The van der Waals surface area contributed by atoms with Gasteiger partial charge in [-0.25, -0.2) is 13.2 Å². The number of β-lactam (4-membered cyclic amide) rings is 1. The topological polar surface area (TPSA) is 128 Å². The van der Waals surface area contributed by atoms with E-state index in [1.807, 2.05) is 67.6 Å². The Hall–Kier alpha value is -5.07. The van der Waals surface area contributed by atoms with Gasteiger partial charge in [0.2, 0.25) is 8.87 Å². The normalized spacial score (nSPS) is 16.4. The molecule has 1 fully saturated rings. The molecule has 1 aliphatic rings.